The molecule has 8 aromatic carbocycles. The molecule has 0 N–H and O–H groups in total. The van der Waals surface area contributed by atoms with Gasteiger partial charge in [0, 0.05) is 16.3 Å². The Kier molecular flexibility index (Phi) is 3.50. The van der Waals surface area contributed by atoms with Crippen LogP contribution in [0.5, 0.6) is 0 Å². The zero-order chi connectivity index (χ0) is 41.9. The quantitative estimate of drug-likeness (QED) is 0.187. The van der Waals surface area contributed by atoms with Crippen molar-refractivity contribution in [3.63, 3.8) is 0 Å². The highest BCUT2D eigenvalue weighted by Gasteiger charge is 2.23. The highest BCUT2D eigenvalue weighted by atomic mass is 16.3. The fourth-order valence-corrected chi connectivity index (χ4v) is 6.27. The van der Waals surface area contributed by atoms with Crippen molar-refractivity contribution in [2.75, 3.05) is 0 Å². The van der Waals surface area contributed by atoms with Gasteiger partial charge in [-0.3, -0.25) is 0 Å². The molecule has 9 rings (SSSR count). The van der Waals surface area contributed by atoms with Crippen molar-refractivity contribution < 1.29 is 23.6 Å². The molecule has 0 aliphatic rings. The number of hydrogen-bond donors (Lipinski definition) is 0. The molecule has 0 aliphatic carbocycles. The highest BCUT2D eigenvalue weighted by molar-refractivity contribution is 6.27. The molecule has 45 heavy (non-hydrogen) atoms. The molecule has 0 amide bonds. The molecule has 1 nitrogen and oxygen atoms in total. The van der Waals surface area contributed by atoms with Gasteiger partial charge in [-0.2, -0.15) is 0 Å². The van der Waals surface area contributed by atoms with E-state index < -0.39 is 95.7 Å². The normalized spacial score (nSPS) is 15.9. The Labute approximate surface area is 281 Å². The third-order valence-electron chi connectivity index (χ3n) is 8.12. The van der Waals surface area contributed by atoms with Gasteiger partial charge in [-0.1, -0.05) is 157 Å². The topological polar surface area (TPSA) is 13.1 Å². The molecule has 1 heteroatoms. The molecule has 0 atom stereocenters. The first-order valence-corrected chi connectivity index (χ1v) is 14.3. The van der Waals surface area contributed by atoms with Crippen LogP contribution in [0.1, 0.15) is 19.2 Å². The van der Waals surface area contributed by atoms with Gasteiger partial charge < -0.3 is 4.42 Å². The molecule has 0 aliphatic heterocycles. The maximum Gasteiger partial charge on any atom is 0.136 e. The lowest BCUT2D eigenvalue weighted by atomic mass is 9.82. The van der Waals surface area contributed by atoms with Crippen LogP contribution in [0.4, 0.5) is 0 Å². The molecule has 9 aromatic rings. The van der Waals surface area contributed by atoms with Crippen LogP contribution in [0, 0.1) is 0 Å². The summed E-state index contributed by atoms with van der Waals surface area (Å²) in [5.41, 5.74) is 1.90. The van der Waals surface area contributed by atoms with Crippen LogP contribution < -0.4 is 0 Å². The second kappa shape index (κ2) is 10.4. The van der Waals surface area contributed by atoms with Crippen molar-refractivity contribution in [2.24, 2.45) is 0 Å². The summed E-state index contributed by atoms with van der Waals surface area (Å²) >= 11 is 0. The third-order valence-corrected chi connectivity index (χ3v) is 8.12. The van der Waals surface area contributed by atoms with Gasteiger partial charge >= 0.3 is 0 Å². The van der Waals surface area contributed by atoms with Gasteiger partial charge in [0.25, 0.3) is 0 Å². The van der Waals surface area contributed by atoms with Gasteiger partial charge in [-0.25, -0.2) is 0 Å². The van der Waals surface area contributed by atoms with E-state index in [1.165, 1.54) is 0 Å². The van der Waals surface area contributed by atoms with Crippen LogP contribution in [0.3, 0.4) is 0 Å². The van der Waals surface area contributed by atoms with E-state index in [1.807, 2.05) is 36.4 Å². The molecule has 1 aromatic heterocycles. The fourth-order valence-electron chi connectivity index (χ4n) is 6.27. The van der Waals surface area contributed by atoms with Crippen LogP contribution in [0.15, 0.2) is 174 Å². The first kappa shape index (κ1) is 15.2. The number of rotatable bonds is 4. The molecule has 1 heterocycles. The van der Waals surface area contributed by atoms with Crippen LogP contribution in [0.2, 0.25) is 0 Å². The standard InChI is InChI=1S/C44H28O/c1-3-13-29(14-4-1)30-23-25-32(26-24-30)41-34-17-7-9-19-36(34)42(37-20-10-8-18-35(37)41)44-33(31-15-5-2-6-16-31)27-28-40-43(44)38-21-11-12-22-39(38)45-40/h1-28H/i1D,2D,3D,4D,5D,6D,13D,14D,15D,16D,23D,24D,25D,26D. The largest absolute Gasteiger partial charge is 0.456 e. The van der Waals surface area contributed by atoms with Crippen LogP contribution in [0.25, 0.3) is 88.0 Å². The van der Waals surface area contributed by atoms with Crippen molar-refractivity contribution >= 4 is 43.5 Å². The van der Waals surface area contributed by atoms with Gasteiger partial charge in [-0.05, 0) is 72.6 Å². The van der Waals surface area contributed by atoms with Gasteiger partial charge in [0.2, 0.25) is 0 Å². The van der Waals surface area contributed by atoms with E-state index in [0.29, 0.717) is 65.7 Å². The van der Waals surface area contributed by atoms with E-state index in [2.05, 4.69) is 0 Å². The van der Waals surface area contributed by atoms with Gasteiger partial charge in [0.05, 0.1) is 19.2 Å². The molecular formula is C44H28O. The average molecular weight is 587 g/mol. The van der Waals surface area contributed by atoms with Crippen LogP contribution in [-0.4, -0.2) is 0 Å². The Morgan fingerprint density at radius 3 is 1.47 bits per heavy atom. The van der Waals surface area contributed by atoms with Crippen molar-refractivity contribution in [2.45, 2.75) is 0 Å². The Bertz CT molecular complexity index is 3190. The fraction of sp³-hybridized carbons (Fsp3) is 0. The molecular weight excluding hydrogens is 544 g/mol. The minimum Gasteiger partial charge on any atom is -0.456 e. The maximum absolute atomic E-state index is 9.40. The molecule has 0 saturated heterocycles. The smallest absolute Gasteiger partial charge is 0.136 e. The summed E-state index contributed by atoms with van der Waals surface area (Å²) in [5.74, 6) is 0. The molecule has 210 valence electrons. The average Bonchev–Trinajstić information content (AvgIpc) is 3.63. The summed E-state index contributed by atoms with van der Waals surface area (Å²) in [4.78, 5) is 0. The lowest BCUT2D eigenvalue weighted by Crippen LogP contribution is -1.93. The number of hydrogen-bond acceptors (Lipinski definition) is 1. The third kappa shape index (κ3) is 4.09. The van der Waals surface area contributed by atoms with E-state index >= 15 is 0 Å². The summed E-state index contributed by atoms with van der Waals surface area (Å²) < 4.78 is 129. The Morgan fingerprint density at radius 1 is 0.356 bits per heavy atom. The number of benzene rings is 8. The monoisotopic (exact) mass is 586 g/mol. The Balaban J connectivity index is 1.46. The summed E-state index contributed by atoms with van der Waals surface area (Å²) in [7, 11) is 0. The van der Waals surface area contributed by atoms with Crippen molar-refractivity contribution in [1.82, 2.24) is 0 Å². The van der Waals surface area contributed by atoms with Crippen molar-refractivity contribution in [3.8, 4) is 44.5 Å². The molecule has 0 bridgehead atoms. The zero-order valence-electron chi connectivity index (χ0n) is 37.5. The second-order valence-electron chi connectivity index (χ2n) is 10.6. The molecule has 0 radical (unpaired) electrons. The van der Waals surface area contributed by atoms with Crippen molar-refractivity contribution in [3.05, 3.63) is 170 Å². The lowest BCUT2D eigenvalue weighted by Gasteiger charge is -2.20. The molecule has 0 unspecified atom stereocenters. The number of furan rings is 1. The summed E-state index contributed by atoms with van der Waals surface area (Å²) in [6.45, 7) is 0. The van der Waals surface area contributed by atoms with Gasteiger partial charge in [-0.15, -0.1) is 0 Å². The minimum atomic E-state index is -0.669. The van der Waals surface area contributed by atoms with E-state index in [4.69, 9.17) is 18.1 Å². The first-order chi connectivity index (χ1) is 28.2. The Hall–Kier alpha value is -5.92. The molecule has 0 spiro atoms. The zero-order valence-corrected chi connectivity index (χ0v) is 23.5. The van der Waals surface area contributed by atoms with E-state index in [-0.39, 0.29) is 11.1 Å². The van der Waals surface area contributed by atoms with E-state index in [0.717, 1.165) is 0 Å². The first-order valence-electron chi connectivity index (χ1n) is 21.3. The number of fused-ring (bicyclic) bond motifs is 5. The maximum atomic E-state index is 9.40. The van der Waals surface area contributed by atoms with E-state index in [9.17, 15) is 5.48 Å². The van der Waals surface area contributed by atoms with Crippen LogP contribution >= 0.6 is 0 Å². The van der Waals surface area contributed by atoms with E-state index in [1.54, 1.807) is 48.5 Å². The highest BCUT2D eigenvalue weighted by Crippen LogP contribution is 2.50. The summed E-state index contributed by atoms with van der Waals surface area (Å²) in [6.07, 6.45) is 0. The Morgan fingerprint density at radius 2 is 0.844 bits per heavy atom. The van der Waals surface area contributed by atoms with Gasteiger partial charge in [0.1, 0.15) is 11.2 Å². The minimum absolute atomic E-state index is 0.0155. The van der Waals surface area contributed by atoms with Gasteiger partial charge in [0.15, 0.2) is 0 Å². The second-order valence-corrected chi connectivity index (χ2v) is 10.6. The summed E-state index contributed by atoms with van der Waals surface area (Å²) in [6, 6.07) is 17.4. The number of para-hydroxylation sites is 1. The van der Waals surface area contributed by atoms with Crippen molar-refractivity contribution in [1.29, 1.82) is 0 Å². The molecule has 0 fully saturated rings. The lowest BCUT2D eigenvalue weighted by molar-refractivity contribution is 0.669. The predicted molar refractivity (Wildman–Crippen MR) is 190 cm³/mol. The van der Waals surface area contributed by atoms with Crippen LogP contribution in [-0.2, 0) is 0 Å². The summed E-state index contributed by atoms with van der Waals surface area (Å²) in [5, 5.41) is 3.52. The SMILES string of the molecule is [2H]c1c([2H])c([2H])c(-c2ccc3oc4ccccc4c3c2-c2c3ccccc3c(-c3c([2H])c([2H])c(-c4c([2H])c([2H])c([2H])c([2H])c4[2H])c([2H])c3[2H])c3ccccc23)c([2H])c1[2H]. The predicted octanol–water partition coefficient (Wildman–Crippen LogP) is 12.6. The molecule has 0 saturated carbocycles.